The summed E-state index contributed by atoms with van der Waals surface area (Å²) in [5.41, 5.74) is 3.10. The van der Waals surface area contributed by atoms with Crippen LogP contribution >= 0.6 is 0 Å². The maximum atomic E-state index is 4.41. The number of fused-ring (bicyclic) bond motifs is 1. The summed E-state index contributed by atoms with van der Waals surface area (Å²) >= 11 is 0. The smallest absolute Gasteiger partial charge is 0.155 e. The van der Waals surface area contributed by atoms with Crippen molar-refractivity contribution in [2.75, 3.05) is 20.1 Å². The highest BCUT2D eigenvalue weighted by Crippen LogP contribution is 2.08. The second-order valence-corrected chi connectivity index (χ2v) is 5.18. The second-order valence-electron chi connectivity index (χ2n) is 5.18. The van der Waals surface area contributed by atoms with Crippen LogP contribution in [0.2, 0.25) is 0 Å². The van der Waals surface area contributed by atoms with Gasteiger partial charge in [0.2, 0.25) is 0 Å². The lowest BCUT2D eigenvalue weighted by atomic mass is 10.2. The minimum atomic E-state index is 0.602. The molecule has 0 aliphatic carbocycles. The van der Waals surface area contributed by atoms with Gasteiger partial charge in [-0.15, -0.1) is 0 Å². The lowest BCUT2D eigenvalue weighted by molar-refractivity contribution is 0.397. The highest BCUT2D eigenvalue weighted by atomic mass is 15.2. The van der Waals surface area contributed by atoms with E-state index in [-0.39, 0.29) is 0 Å². The fourth-order valence-corrected chi connectivity index (χ4v) is 2.49. The Morgan fingerprint density at radius 2 is 2.39 bits per heavy atom. The molecule has 96 valence electrons. The Balaban J connectivity index is 1.67. The molecule has 18 heavy (non-hydrogen) atoms. The average Bonchev–Trinajstić information content (AvgIpc) is 2.90. The van der Waals surface area contributed by atoms with E-state index >= 15 is 0 Å². The third-order valence-corrected chi connectivity index (χ3v) is 3.48. The molecule has 0 bridgehead atoms. The number of likely N-dealkylation sites (tertiary alicyclic amines) is 1. The minimum Gasteiger partial charge on any atom is -0.308 e. The number of nitrogens with one attached hydrogen (secondary N) is 1. The lowest BCUT2D eigenvalue weighted by Crippen LogP contribution is -2.31. The molecular formula is C13H19N5. The van der Waals surface area contributed by atoms with Crippen molar-refractivity contribution in [2.24, 2.45) is 0 Å². The van der Waals surface area contributed by atoms with Gasteiger partial charge >= 0.3 is 0 Å². The number of nitrogens with zero attached hydrogens (tertiary/aromatic N) is 4. The Labute approximate surface area is 107 Å². The van der Waals surface area contributed by atoms with E-state index in [4.69, 9.17) is 0 Å². The van der Waals surface area contributed by atoms with Crippen molar-refractivity contribution in [2.45, 2.75) is 25.9 Å². The molecule has 5 nitrogen and oxygen atoms in total. The normalized spacial score (nSPS) is 20.9. The average molecular weight is 245 g/mol. The summed E-state index contributed by atoms with van der Waals surface area (Å²) in [5.74, 6) is 0. The zero-order valence-corrected chi connectivity index (χ0v) is 10.9. The van der Waals surface area contributed by atoms with Crippen molar-refractivity contribution in [3.8, 4) is 0 Å². The standard InChI is InChI=1S/C13H19N5/c1-10-5-13-15-7-11(8-18(13)16-10)6-14-12-3-4-17(2)9-12/h5,7-8,12,14H,3-4,6,9H2,1-2H3. The van der Waals surface area contributed by atoms with Crippen LogP contribution in [0.15, 0.2) is 18.5 Å². The minimum absolute atomic E-state index is 0.602. The summed E-state index contributed by atoms with van der Waals surface area (Å²) in [4.78, 5) is 6.77. The molecule has 0 radical (unpaired) electrons. The van der Waals surface area contributed by atoms with Crippen LogP contribution in [0.25, 0.3) is 5.65 Å². The van der Waals surface area contributed by atoms with Crippen LogP contribution in [0.1, 0.15) is 17.7 Å². The van der Waals surface area contributed by atoms with Crippen LogP contribution in [-0.4, -0.2) is 45.7 Å². The molecule has 1 atom stereocenters. The van der Waals surface area contributed by atoms with Crippen LogP contribution < -0.4 is 5.32 Å². The van der Waals surface area contributed by atoms with Crippen molar-refractivity contribution in [1.82, 2.24) is 24.8 Å². The third-order valence-electron chi connectivity index (χ3n) is 3.48. The molecule has 1 fully saturated rings. The fraction of sp³-hybridized carbons (Fsp3) is 0.538. The highest BCUT2D eigenvalue weighted by Gasteiger charge is 2.18. The van der Waals surface area contributed by atoms with Crippen molar-refractivity contribution in [3.63, 3.8) is 0 Å². The fourth-order valence-electron chi connectivity index (χ4n) is 2.49. The molecule has 2 aromatic heterocycles. The van der Waals surface area contributed by atoms with E-state index in [1.54, 1.807) is 0 Å². The van der Waals surface area contributed by atoms with Gasteiger partial charge < -0.3 is 10.2 Å². The Hall–Kier alpha value is -1.46. The molecule has 1 aliphatic rings. The van der Waals surface area contributed by atoms with E-state index in [0.717, 1.165) is 24.4 Å². The number of hydrogen-bond acceptors (Lipinski definition) is 4. The van der Waals surface area contributed by atoms with Gasteiger partial charge in [-0.2, -0.15) is 5.10 Å². The Morgan fingerprint density at radius 3 is 3.17 bits per heavy atom. The zero-order chi connectivity index (χ0) is 12.5. The van der Waals surface area contributed by atoms with Crippen molar-refractivity contribution >= 4 is 5.65 Å². The molecule has 0 spiro atoms. The molecule has 1 aliphatic heterocycles. The number of hydrogen-bond donors (Lipinski definition) is 1. The van der Waals surface area contributed by atoms with Crippen LogP contribution in [0.4, 0.5) is 0 Å². The third kappa shape index (κ3) is 2.37. The first kappa shape index (κ1) is 11.6. The first-order valence-corrected chi connectivity index (χ1v) is 6.43. The van der Waals surface area contributed by atoms with E-state index in [0.29, 0.717) is 6.04 Å². The topological polar surface area (TPSA) is 45.5 Å². The van der Waals surface area contributed by atoms with E-state index < -0.39 is 0 Å². The summed E-state index contributed by atoms with van der Waals surface area (Å²) in [6.07, 6.45) is 5.22. The maximum Gasteiger partial charge on any atom is 0.155 e. The summed E-state index contributed by atoms with van der Waals surface area (Å²) < 4.78 is 1.85. The van der Waals surface area contributed by atoms with Gasteiger partial charge in [0.05, 0.1) is 5.69 Å². The largest absolute Gasteiger partial charge is 0.308 e. The summed E-state index contributed by atoms with van der Waals surface area (Å²) in [5, 5.41) is 7.96. The SMILES string of the molecule is Cc1cc2ncc(CNC3CCN(C)C3)cn2n1. The van der Waals surface area contributed by atoms with Gasteiger partial charge in [0.25, 0.3) is 0 Å². The predicted octanol–water partition coefficient (Wildman–Crippen LogP) is 0.831. The first-order valence-electron chi connectivity index (χ1n) is 6.43. The summed E-state index contributed by atoms with van der Waals surface area (Å²) in [7, 11) is 2.17. The van der Waals surface area contributed by atoms with Crippen LogP contribution in [0.3, 0.4) is 0 Å². The van der Waals surface area contributed by atoms with E-state index in [9.17, 15) is 0 Å². The number of likely N-dealkylation sites (N-methyl/N-ethyl adjacent to an activating group) is 1. The maximum absolute atomic E-state index is 4.41. The molecule has 1 N–H and O–H groups in total. The van der Waals surface area contributed by atoms with Gasteiger partial charge in [-0.1, -0.05) is 0 Å². The van der Waals surface area contributed by atoms with Gasteiger partial charge in [0, 0.05) is 43.2 Å². The number of aryl methyl sites for hydroxylation is 1. The molecule has 2 aromatic rings. The molecule has 3 rings (SSSR count). The lowest BCUT2D eigenvalue weighted by Gasteiger charge is -2.12. The van der Waals surface area contributed by atoms with Crippen LogP contribution in [0, 0.1) is 6.92 Å². The molecule has 0 aromatic carbocycles. The predicted molar refractivity (Wildman–Crippen MR) is 70.5 cm³/mol. The quantitative estimate of drug-likeness (QED) is 0.870. The molecule has 0 amide bonds. The van der Waals surface area contributed by atoms with E-state index in [2.05, 4.69) is 33.5 Å². The van der Waals surface area contributed by atoms with Gasteiger partial charge in [-0.3, -0.25) is 0 Å². The van der Waals surface area contributed by atoms with Gasteiger partial charge in [0.1, 0.15) is 0 Å². The van der Waals surface area contributed by atoms with E-state index in [1.807, 2.05) is 23.7 Å². The molecule has 5 heteroatoms. The van der Waals surface area contributed by atoms with Crippen LogP contribution in [-0.2, 0) is 6.54 Å². The Morgan fingerprint density at radius 1 is 1.50 bits per heavy atom. The van der Waals surface area contributed by atoms with Gasteiger partial charge in [-0.25, -0.2) is 9.50 Å². The van der Waals surface area contributed by atoms with Gasteiger partial charge in [0.15, 0.2) is 5.65 Å². The van der Waals surface area contributed by atoms with Crippen molar-refractivity contribution in [1.29, 1.82) is 0 Å². The zero-order valence-electron chi connectivity index (χ0n) is 10.9. The second kappa shape index (κ2) is 4.66. The van der Waals surface area contributed by atoms with Gasteiger partial charge in [-0.05, 0) is 26.9 Å². The van der Waals surface area contributed by atoms with Crippen molar-refractivity contribution in [3.05, 3.63) is 29.7 Å². The summed E-state index contributed by atoms with van der Waals surface area (Å²) in [6.45, 7) is 5.17. The Kier molecular flexibility index (Phi) is 3.01. The number of aromatic nitrogens is 3. The van der Waals surface area contributed by atoms with Crippen LogP contribution in [0.5, 0.6) is 0 Å². The first-order chi connectivity index (χ1) is 8.70. The van der Waals surface area contributed by atoms with Crippen molar-refractivity contribution < 1.29 is 0 Å². The Bertz CT molecular complexity index is 547. The highest BCUT2D eigenvalue weighted by molar-refractivity contribution is 5.38. The molecule has 0 saturated carbocycles. The molecular weight excluding hydrogens is 226 g/mol. The molecule has 1 saturated heterocycles. The monoisotopic (exact) mass is 245 g/mol. The number of rotatable bonds is 3. The summed E-state index contributed by atoms with van der Waals surface area (Å²) in [6, 6.07) is 2.59. The molecule has 3 heterocycles. The van der Waals surface area contributed by atoms with E-state index in [1.165, 1.54) is 18.5 Å². The molecule has 1 unspecified atom stereocenters.